The zero-order valence-corrected chi connectivity index (χ0v) is 47.3. The van der Waals surface area contributed by atoms with Crippen LogP contribution in [0.4, 0.5) is 0 Å². The van der Waals surface area contributed by atoms with Gasteiger partial charge in [-0.1, -0.05) is 303 Å². The molecule has 0 saturated carbocycles. The second kappa shape index (κ2) is 35.9. The van der Waals surface area contributed by atoms with Crippen molar-refractivity contribution in [3.63, 3.8) is 0 Å². The van der Waals surface area contributed by atoms with Crippen LogP contribution in [0, 0.1) is 25.1 Å². The van der Waals surface area contributed by atoms with Crippen molar-refractivity contribution < 1.29 is 48.5 Å². The first kappa shape index (κ1) is 62.3. The second-order valence-corrected chi connectivity index (χ2v) is 20.9. The molecule has 0 amide bonds. The minimum absolute atomic E-state index is 0. The van der Waals surface area contributed by atoms with E-state index < -0.39 is 33.9 Å². The Morgan fingerprint density at radius 2 is 0.449 bits per heavy atom. The number of ether oxygens (including phenoxy) is 2. The summed E-state index contributed by atoms with van der Waals surface area (Å²) in [6.07, 6.45) is -1.22. The summed E-state index contributed by atoms with van der Waals surface area (Å²) >= 11 is 0. The van der Waals surface area contributed by atoms with Crippen molar-refractivity contribution in [1.82, 2.24) is 0 Å². The van der Waals surface area contributed by atoms with Gasteiger partial charge in [0.25, 0.3) is 0 Å². The minimum atomic E-state index is -1.22. The Hall–Kier alpha value is -8.25. The third-order valence-corrected chi connectivity index (χ3v) is 16.8. The number of methoxy groups -OCH3 is 2. The van der Waals surface area contributed by atoms with E-state index in [1.165, 1.54) is 67.9 Å². The molecule has 0 heterocycles. The molecule has 6 nitrogen and oxygen atoms in total. The van der Waals surface area contributed by atoms with Crippen molar-refractivity contribution in [3.05, 3.63) is 317 Å². The minimum Gasteiger partial charge on any atom is -0.195 e. The van der Waals surface area contributed by atoms with Gasteiger partial charge in [0.2, 0.25) is 0 Å². The largest absolute Gasteiger partial charge is 0.195 e. The fraction of sp³-hybridized carbons (Fsp3) is 0.0294. The number of hydrogen-bond acceptors (Lipinski definition) is 4. The number of esters is 2. The van der Waals surface area contributed by atoms with Crippen LogP contribution in [0.5, 0.6) is 0 Å². The average molecular weight is 1230 g/mol. The van der Waals surface area contributed by atoms with Crippen LogP contribution in [0.2, 0.25) is 0 Å². The monoisotopic (exact) mass is 1230 g/mol. The van der Waals surface area contributed by atoms with Crippen LogP contribution >= 0.6 is 15.8 Å². The van der Waals surface area contributed by atoms with Gasteiger partial charge in [0.1, 0.15) is 6.15 Å². The van der Waals surface area contributed by atoms with Crippen molar-refractivity contribution in [2.45, 2.75) is 0 Å². The topological polar surface area (TPSA) is 92.4 Å². The maximum absolute atomic E-state index is 10.2. The molecule has 0 saturated heterocycles. The van der Waals surface area contributed by atoms with E-state index >= 15 is 0 Å². The van der Waals surface area contributed by atoms with Crippen LogP contribution in [0.3, 0.4) is 0 Å². The van der Waals surface area contributed by atoms with Gasteiger partial charge in [0.15, 0.2) is 0 Å². The first-order valence-corrected chi connectivity index (χ1v) is 27.1. The summed E-state index contributed by atoms with van der Waals surface area (Å²) < 4.78 is 23.2. The smallest absolute Gasteiger partial charge is 0.108 e. The second-order valence-electron chi connectivity index (χ2n) is 16.4. The van der Waals surface area contributed by atoms with E-state index in [0.717, 1.165) is 0 Å². The molecule has 0 bridgehead atoms. The quantitative estimate of drug-likeness (QED) is 0.0260. The predicted octanol–water partition coefficient (Wildman–Crippen LogP) is 9.21. The van der Waals surface area contributed by atoms with Gasteiger partial charge in [-0.25, -0.2) is 9.59 Å². The molecule has 78 heavy (non-hydrogen) atoms. The molecule has 0 aliphatic rings. The van der Waals surface area contributed by atoms with E-state index in [4.69, 9.17) is 9.30 Å². The molecule has 0 atom stereocenters. The summed E-state index contributed by atoms with van der Waals surface area (Å²) in [5, 5.41) is 8.39. The molecule has 1 radical (unpaired) electrons. The molecule has 10 aromatic carbocycles. The van der Waals surface area contributed by atoms with Crippen molar-refractivity contribution in [2.24, 2.45) is 0 Å². The first-order valence-electron chi connectivity index (χ1n) is 24.4. The molecule has 0 spiro atoms. The first-order chi connectivity index (χ1) is 38.0. The van der Waals surface area contributed by atoms with Crippen LogP contribution in [-0.4, -0.2) is 32.3 Å². The Morgan fingerprint density at radius 3 is 0.590 bits per heavy atom. The molecule has 0 aromatic heterocycles. The van der Waals surface area contributed by atoms with Gasteiger partial charge in [-0.2, -0.15) is 21.9 Å². The van der Waals surface area contributed by atoms with E-state index in [2.05, 4.69) is 326 Å². The summed E-state index contributed by atoms with van der Waals surface area (Å²) in [6.45, 7) is 9.00. The van der Waals surface area contributed by atoms with Gasteiger partial charge in [-0.05, 0) is 47.7 Å². The number of carbonyl (C=O) groups excluding carboxylic acids is 2. The predicted molar refractivity (Wildman–Crippen MR) is 320 cm³/mol. The van der Waals surface area contributed by atoms with Crippen molar-refractivity contribution >= 4 is 87.6 Å². The van der Waals surface area contributed by atoms with Gasteiger partial charge in [-0.15, -0.1) is 0 Å². The number of rotatable bonds is 10. The standard InChI is InChI=1S/C24H20B.2C18H15P.C6H6O4.2CO.Ir/c1-5-13-21(14-6-1)25(22-15-7-2-8-16-22,23-17-9-3-10-18-23)24-19-11-4-12-20-24;2*1-4-10-16(11-5-1)19(17-12-6-2-7-13-17)18-14-8-3-9-15-18;1-9-5(7)3-4-6(8)10-2;2*1-2;/h1-20H;2*1-15H;1-2H3;;;/q-1;;;;;;. The molecule has 0 aliphatic carbocycles. The van der Waals surface area contributed by atoms with Crippen LogP contribution in [0.15, 0.2) is 303 Å². The molecule has 10 aromatic rings. The molecule has 0 N–H and O–H groups in total. The van der Waals surface area contributed by atoms with E-state index in [-0.39, 0.29) is 20.1 Å². The molecular weight excluding hydrogens is 1180 g/mol. The summed E-state index contributed by atoms with van der Waals surface area (Å²) in [5.74, 6) is 2.28. The number of carbonyl (C=O) groups is 2. The molecule has 0 aliphatic heterocycles. The zero-order valence-electron chi connectivity index (χ0n) is 43.1. The maximum atomic E-state index is 10.2. The molecule has 0 fully saturated rings. The third kappa shape index (κ3) is 18.2. The van der Waals surface area contributed by atoms with E-state index in [0.29, 0.717) is 0 Å². The van der Waals surface area contributed by atoms with Crippen LogP contribution in [0.25, 0.3) is 0 Å². The fourth-order valence-corrected chi connectivity index (χ4v) is 13.3. The van der Waals surface area contributed by atoms with Crippen molar-refractivity contribution in [2.75, 3.05) is 14.2 Å². The van der Waals surface area contributed by atoms with Crippen LogP contribution in [-0.2, 0) is 48.5 Å². The van der Waals surface area contributed by atoms with Gasteiger partial charge in [0.05, 0.1) is 14.2 Å². The van der Waals surface area contributed by atoms with Crippen LogP contribution < -0.4 is 53.7 Å². The fourth-order valence-electron chi connectivity index (χ4n) is 8.68. The zero-order chi connectivity index (χ0) is 54.8. The third-order valence-electron chi connectivity index (χ3n) is 11.9. The maximum Gasteiger partial charge on any atom is 0.108 e. The Morgan fingerprint density at radius 1 is 0.308 bits per heavy atom. The normalized spacial score (nSPS) is 9.69. The molecule has 10 heteroatoms. The van der Waals surface area contributed by atoms with Crippen molar-refractivity contribution in [1.29, 1.82) is 0 Å². The van der Waals surface area contributed by atoms with Gasteiger partial charge < -0.3 is 9.47 Å². The molecule has 10 rings (SSSR count). The Labute approximate surface area is 475 Å². The molecular formula is C68H56BIrO6P2-. The van der Waals surface area contributed by atoms with E-state index in [1.807, 2.05) is 11.8 Å². The SMILES string of the molecule is COC(=O)C#CC(=O)OC.[C-]#[O+].[C-]#[O+].[Ir].c1ccc(P(c2ccccc2)c2ccccc2)cc1.c1ccc(P(c2ccccc2)c2ccccc2)cc1.c1ccc([B-](c2ccccc2)(c2ccccc2)c2ccccc2)cc1. The van der Waals surface area contributed by atoms with Gasteiger partial charge in [0, 0.05) is 31.9 Å². The summed E-state index contributed by atoms with van der Waals surface area (Å²) in [4.78, 5) is 20.5. The molecule has 0 unspecified atom stereocenters. The van der Waals surface area contributed by atoms with Gasteiger partial charge in [-0.3, -0.25) is 0 Å². The number of benzene rings is 10. The Kier molecular flexibility index (Phi) is 28.7. The van der Waals surface area contributed by atoms with E-state index in [9.17, 15) is 9.59 Å². The summed E-state index contributed by atoms with van der Waals surface area (Å²) in [5.41, 5.74) is 5.36. The average Bonchev–Trinajstić information content (AvgIpc) is 3.56. The van der Waals surface area contributed by atoms with E-state index in [1.54, 1.807) is 0 Å². The Balaban J connectivity index is 0.000000227. The summed E-state index contributed by atoms with van der Waals surface area (Å²) in [7, 11) is 1.46. The molecule has 387 valence electrons. The number of hydrogen-bond donors (Lipinski definition) is 0. The van der Waals surface area contributed by atoms with Crippen LogP contribution in [0.1, 0.15) is 0 Å². The Bertz CT molecular complexity index is 2820. The van der Waals surface area contributed by atoms with Gasteiger partial charge >= 0.3 is 34.5 Å². The summed E-state index contributed by atoms with van der Waals surface area (Å²) in [6, 6.07) is 108. The van der Waals surface area contributed by atoms with Crippen molar-refractivity contribution in [3.8, 4) is 11.8 Å².